The standard InChI is InChI=1S/C17H30N2/c1-6-10-19(11-7-2)13-17(18-5)16-12-14(3)8-9-15(16)4/h8-9,12,17-18H,6-7,10-11,13H2,1-5H3. The van der Waals surface area contributed by atoms with E-state index in [9.17, 15) is 0 Å². The molecule has 1 unspecified atom stereocenters. The van der Waals surface area contributed by atoms with Gasteiger partial charge < -0.3 is 10.2 Å². The fourth-order valence-corrected chi connectivity index (χ4v) is 2.67. The summed E-state index contributed by atoms with van der Waals surface area (Å²) in [6.45, 7) is 12.4. The van der Waals surface area contributed by atoms with Gasteiger partial charge in [-0.2, -0.15) is 0 Å². The quantitative estimate of drug-likeness (QED) is 0.768. The smallest absolute Gasteiger partial charge is 0.0449 e. The Morgan fingerprint density at radius 3 is 2.26 bits per heavy atom. The highest BCUT2D eigenvalue weighted by Crippen LogP contribution is 2.20. The molecule has 0 saturated carbocycles. The first kappa shape index (κ1) is 16.2. The van der Waals surface area contributed by atoms with Crippen LogP contribution in [0.15, 0.2) is 18.2 Å². The summed E-state index contributed by atoms with van der Waals surface area (Å²) in [6.07, 6.45) is 2.45. The molecule has 0 saturated heterocycles. The minimum absolute atomic E-state index is 0.429. The number of hydrogen-bond acceptors (Lipinski definition) is 2. The topological polar surface area (TPSA) is 15.3 Å². The number of rotatable bonds is 8. The van der Waals surface area contributed by atoms with E-state index in [4.69, 9.17) is 0 Å². The number of nitrogens with one attached hydrogen (secondary N) is 1. The predicted molar refractivity (Wildman–Crippen MR) is 84.7 cm³/mol. The van der Waals surface area contributed by atoms with E-state index in [0.717, 1.165) is 6.54 Å². The van der Waals surface area contributed by atoms with Crippen molar-refractivity contribution in [2.75, 3.05) is 26.7 Å². The number of aryl methyl sites for hydroxylation is 2. The lowest BCUT2D eigenvalue weighted by Crippen LogP contribution is -2.35. The van der Waals surface area contributed by atoms with Crippen LogP contribution in [0, 0.1) is 13.8 Å². The summed E-state index contributed by atoms with van der Waals surface area (Å²) in [5.74, 6) is 0. The zero-order chi connectivity index (χ0) is 14.3. The van der Waals surface area contributed by atoms with Crippen molar-refractivity contribution in [3.05, 3.63) is 34.9 Å². The van der Waals surface area contributed by atoms with Crippen molar-refractivity contribution in [2.45, 2.75) is 46.6 Å². The molecule has 0 heterocycles. The highest BCUT2D eigenvalue weighted by molar-refractivity contribution is 5.33. The molecule has 0 fully saturated rings. The summed E-state index contributed by atoms with van der Waals surface area (Å²) < 4.78 is 0. The van der Waals surface area contributed by atoms with Gasteiger partial charge in [-0.15, -0.1) is 0 Å². The molecule has 19 heavy (non-hydrogen) atoms. The van der Waals surface area contributed by atoms with Crippen molar-refractivity contribution in [3.63, 3.8) is 0 Å². The highest BCUT2D eigenvalue weighted by atomic mass is 15.1. The monoisotopic (exact) mass is 262 g/mol. The first-order chi connectivity index (χ1) is 9.12. The molecule has 0 spiro atoms. The van der Waals surface area contributed by atoms with Crippen molar-refractivity contribution in [3.8, 4) is 0 Å². The van der Waals surface area contributed by atoms with E-state index < -0.39 is 0 Å². The molecular weight excluding hydrogens is 232 g/mol. The van der Waals surface area contributed by atoms with Gasteiger partial charge in [0.1, 0.15) is 0 Å². The Morgan fingerprint density at radius 1 is 1.11 bits per heavy atom. The molecule has 0 aliphatic heterocycles. The highest BCUT2D eigenvalue weighted by Gasteiger charge is 2.15. The molecule has 0 aliphatic rings. The Labute approximate surface area is 119 Å². The van der Waals surface area contributed by atoms with Crippen molar-refractivity contribution < 1.29 is 0 Å². The van der Waals surface area contributed by atoms with Gasteiger partial charge in [-0.25, -0.2) is 0 Å². The molecule has 0 radical (unpaired) electrons. The fraction of sp³-hybridized carbons (Fsp3) is 0.647. The third-order valence-corrected chi connectivity index (χ3v) is 3.68. The summed E-state index contributed by atoms with van der Waals surface area (Å²) in [5.41, 5.74) is 4.18. The van der Waals surface area contributed by atoms with Crippen molar-refractivity contribution in [1.82, 2.24) is 10.2 Å². The van der Waals surface area contributed by atoms with Crippen LogP contribution in [0.2, 0.25) is 0 Å². The van der Waals surface area contributed by atoms with Gasteiger partial charge in [0.05, 0.1) is 0 Å². The van der Waals surface area contributed by atoms with Crippen LogP contribution in [0.3, 0.4) is 0 Å². The van der Waals surface area contributed by atoms with Crippen molar-refractivity contribution >= 4 is 0 Å². The predicted octanol–water partition coefficient (Wildman–Crippen LogP) is 3.69. The molecule has 1 N–H and O–H groups in total. The van der Waals surface area contributed by atoms with Gasteiger partial charge in [0, 0.05) is 12.6 Å². The maximum Gasteiger partial charge on any atom is 0.0449 e. The maximum absolute atomic E-state index is 3.49. The first-order valence-corrected chi connectivity index (χ1v) is 7.59. The molecule has 0 bridgehead atoms. The second kappa shape index (κ2) is 8.34. The summed E-state index contributed by atoms with van der Waals surface area (Å²) >= 11 is 0. The third-order valence-electron chi connectivity index (χ3n) is 3.68. The molecule has 1 rings (SSSR count). The van der Waals surface area contributed by atoms with Crippen LogP contribution >= 0.6 is 0 Å². The van der Waals surface area contributed by atoms with Gasteiger partial charge in [-0.05, 0) is 58.0 Å². The number of hydrogen-bond donors (Lipinski definition) is 1. The SMILES string of the molecule is CCCN(CCC)CC(NC)c1cc(C)ccc1C. The zero-order valence-corrected chi connectivity index (χ0v) is 13.3. The average Bonchev–Trinajstić information content (AvgIpc) is 2.39. The summed E-state index contributed by atoms with van der Waals surface area (Å²) in [4.78, 5) is 2.57. The molecule has 0 aromatic heterocycles. The van der Waals surface area contributed by atoms with Crippen LogP contribution in [0.5, 0.6) is 0 Å². The maximum atomic E-state index is 3.49. The van der Waals surface area contributed by atoms with E-state index in [1.54, 1.807) is 0 Å². The Bertz CT molecular complexity index is 368. The largest absolute Gasteiger partial charge is 0.312 e. The van der Waals surface area contributed by atoms with Crippen LogP contribution < -0.4 is 5.32 Å². The van der Waals surface area contributed by atoms with Crippen LogP contribution in [-0.4, -0.2) is 31.6 Å². The van der Waals surface area contributed by atoms with Crippen LogP contribution in [0.1, 0.15) is 49.4 Å². The van der Waals surface area contributed by atoms with E-state index in [2.05, 4.69) is 63.2 Å². The lowest BCUT2D eigenvalue weighted by atomic mass is 9.98. The van der Waals surface area contributed by atoms with Gasteiger partial charge in [0.2, 0.25) is 0 Å². The van der Waals surface area contributed by atoms with Gasteiger partial charge in [-0.1, -0.05) is 37.6 Å². The molecule has 2 heteroatoms. The number of benzene rings is 1. The Kier molecular flexibility index (Phi) is 7.11. The van der Waals surface area contributed by atoms with Crippen LogP contribution in [-0.2, 0) is 0 Å². The minimum Gasteiger partial charge on any atom is -0.312 e. The van der Waals surface area contributed by atoms with Crippen molar-refractivity contribution in [2.24, 2.45) is 0 Å². The molecule has 1 atom stereocenters. The fourth-order valence-electron chi connectivity index (χ4n) is 2.67. The van der Waals surface area contributed by atoms with E-state index >= 15 is 0 Å². The lowest BCUT2D eigenvalue weighted by Gasteiger charge is -2.28. The average molecular weight is 262 g/mol. The molecule has 1 aromatic carbocycles. The number of nitrogens with zero attached hydrogens (tertiary/aromatic N) is 1. The lowest BCUT2D eigenvalue weighted by molar-refractivity contribution is 0.247. The third kappa shape index (κ3) is 4.96. The zero-order valence-electron chi connectivity index (χ0n) is 13.3. The molecule has 0 amide bonds. The van der Waals surface area contributed by atoms with Gasteiger partial charge in [0.25, 0.3) is 0 Å². The van der Waals surface area contributed by atoms with Crippen LogP contribution in [0.25, 0.3) is 0 Å². The van der Waals surface area contributed by atoms with E-state index in [1.165, 1.54) is 42.6 Å². The summed E-state index contributed by atoms with van der Waals surface area (Å²) in [6, 6.07) is 7.19. The second-order valence-electron chi connectivity index (χ2n) is 5.50. The molecule has 108 valence electrons. The van der Waals surface area contributed by atoms with Crippen LogP contribution in [0.4, 0.5) is 0 Å². The molecule has 0 aliphatic carbocycles. The van der Waals surface area contributed by atoms with E-state index in [0.29, 0.717) is 6.04 Å². The van der Waals surface area contributed by atoms with Gasteiger partial charge >= 0.3 is 0 Å². The Morgan fingerprint density at radius 2 is 1.74 bits per heavy atom. The minimum atomic E-state index is 0.429. The Hall–Kier alpha value is -0.860. The molecule has 1 aromatic rings. The second-order valence-corrected chi connectivity index (χ2v) is 5.50. The van der Waals surface area contributed by atoms with E-state index in [-0.39, 0.29) is 0 Å². The van der Waals surface area contributed by atoms with E-state index in [1.807, 2.05) is 0 Å². The summed E-state index contributed by atoms with van der Waals surface area (Å²) in [5, 5.41) is 3.49. The Balaban J connectivity index is 2.83. The number of likely N-dealkylation sites (N-methyl/N-ethyl adjacent to an activating group) is 1. The molecule has 2 nitrogen and oxygen atoms in total. The van der Waals surface area contributed by atoms with Crippen molar-refractivity contribution in [1.29, 1.82) is 0 Å². The normalized spacial score (nSPS) is 12.9. The summed E-state index contributed by atoms with van der Waals surface area (Å²) in [7, 11) is 2.07. The first-order valence-electron chi connectivity index (χ1n) is 7.59. The van der Waals surface area contributed by atoms with Gasteiger partial charge in [0.15, 0.2) is 0 Å². The van der Waals surface area contributed by atoms with Gasteiger partial charge in [-0.3, -0.25) is 0 Å². The molecular formula is C17H30N2.